The Bertz CT molecular complexity index is 3270. The Morgan fingerprint density at radius 3 is 1.91 bits per heavy atom. The first kappa shape index (κ1) is 32.8. The summed E-state index contributed by atoms with van der Waals surface area (Å²) in [6.07, 6.45) is 13.8. The Labute approximate surface area is 329 Å². The van der Waals surface area contributed by atoms with Gasteiger partial charge in [-0.05, 0) is 57.8 Å². The topological polar surface area (TPSA) is 48.5 Å². The molecule has 3 aromatic heterocycles. The lowest BCUT2D eigenvalue weighted by atomic mass is 9.99. The molecule has 5 nitrogen and oxygen atoms in total. The van der Waals surface area contributed by atoms with Crippen molar-refractivity contribution in [2.24, 2.45) is 0 Å². The van der Waals surface area contributed by atoms with E-state index in [-0.39, 0.29) is 0 Å². The molecule has 10 aromatic rings. The Balaban J connectivity index is 1.36. The number of rotatable bonds is 4. The molecule has 7 aromatic carbocycles. The molecule has 0 N–H and O–H groups in total. The molecule has 1 aliphatic carbocycles. The van der Waals surface area contributed by atoms with E-state index in [0.29, 0.717) is 17.6 Å². The van der Waals surface area contributed by atoms with E-state index in [1.165, 1.54) is 21.5 Å². The van der Waals surface area contributed by atoms with Gasteiger partial charge in [0.05, 0.1) is 22.2 Å². The third-order valence-corrected chi connectivity index (χ3v) is 11.1. The van der Waals surface area contributed by atoms with Gasteiger partial charge in [0.1, 0.15) is 0 Å². The van der Waals surface area contributed by atoms with Crippen molar-refractivity contribution < 1.29 is 0 Å². The van der Waals surface area contributed by atoms with Crippen molar-refractivity contribution in [3.8, 4) is 34.4 Å². The standard InChI is InChI=1S/C52H35N5/c1-34-17-7-3-2-4-12-26-44-46(34)42-30-31-43-47-41-25-16-15-19-36(41)28-32-45(47)57(49(43)48(42)56(44)40-29-27-35-18-13-14-24-39(35)33-40)52-54-50(37-20-8-5-9-21-37)53-51(55-52)38-22-10-6-11-23-38/h2-3,5-33H,1,4H2/b3-2-,17-7-,26-12-. The fraction of sp³-hybridized carbons (Fsp3) is 0.0192. The van der Waals surface area contributed by atoms with Gasteiger partial charge in [0.25, 0.3) is 0 Å². The van der Waals surface area contributed by atoms with Gasteiger partial charge in [-0.2, -0.15) is 9.97 Å². The lowest BCUT2D eigenvalue weighted by Gasteiger charge is -2.14. The normalized spacial score (nSPS) is 14.7. The van der Waals surface area contributed by atoms with Crippen LogP contribution in [0.1, 0.15) is 17.7 Å². The van der Waals surface area contributed by atoms with E-state index >= 15 is 0 Å². The first-order chi connectivity index (χ1) is 28.2. The molecule has 11 rings (SSSR count). The smallest absolute Gasteiger partial charge is 0.238 e. The maximum Gasteiger partial charge on any atom is 0.238 e. The van der Waals surface area contributed by atoms with Gasteiger partial charge in [0, 0.05) is 38.5 Å². The zero-order valence-corrected chi connectivity index (χ0v) is 31.0. The van der Waals surface area contributed by atoms with Gasteiger partial charge in [-0.15, -0.1) is 0 Å². The fourth-order valence-electron chi connectivity index (χ4n) is 8.51. The van der Waals surface area contributed by atoms with Crippen LogP contribution in [0.2, 0.25) is 0 Å². The van der Waals surface area contributed by atoms with Gasteiger partial charge >= 0.3 is 0 Å². The third kappa shape index (κ3) is 5.35. The molecule has 0 atom stereocenters. The van der Waals surface area contributed by atoms with E-state index < -0.39 is 0 Å². The summed E-state index contributed by atoms with van der Waals surface area (Å²) in [6, 6.07) is 53.3. The quantitative estimate of drug-likeness (QED) is 0.181. The lowest BCUT2D eigenvalue weighted by Crippen LogP contribution is -2.07. The summed E-state index contributed by atoms with van der Waals surface area (Å²) in [6.45, 7) is 4.66. The van der Waals surface area contributed by atoms with Crippen LogP contribution < -0.4 is 0 Å². The highest BCUT2D eigenvalue weighted by Gasteiger charge is 2.26. The van der Waals surface area contributed by atoms with E-state index in [2.05, 4.69) is 167 Å². The summed E-state index contributed by atoms with van der Waals surface area (Å²) >= 11 is 0. The van der Waals surface area contributed by atoms with E-state index in [0.717, 1.165) is 72.8 Å². The van der Waals surface area contributed by atoms with Crippen LogP contribution in [0.3, 0.4) is 0 Å². The minimum atomic E-state index is 0.552. The van der Waals surface area contributed by atoms with Crippen molar-refractivity contribution in [2.45, 2.75) is 6.42 Å². The zero-order chi connectivity index (χ0) is 37.9. The van der Waals surface area contributed by atoms with Crippen LogP contribution in [-0.2, 0) is 0 Å². The summed E-state index contributed by atoms with van der Waals surface area (Å²) in [5.74, 6) is 1.78. The maximum absolute atomic E-state index is 5.33. The van der Waals surface area contributed by atoms with Crippen molar-refractivity contribution in [1.82, 2.24) is 24.1 Å². The van der Waals surface area contributed by atoms with Crippen LogP contribution in [0.25, 0.3) is 100 Å². The Kier molecular flexibility index (Phi) is 7.64. The van der Waals surface area contributed by atoms with Crippen LogP contribution in [0.5, 0.6) is 0 Å². The minimum Gasteiger partial charge on any atom is -0.307 e. The van der Waals surface area contributed by atoms with Gasteiger partial charge in [0.15, 0.2) is 11.6 Å². The second-order valence-corrected chi connectivity index (χ2v) is 14.5. The highest BCUT2D eigenvalue weighted by molar-refractivity contribution is 6.26. The summed E-state index contributed by atoms with van der Waals surface area (Å²) in [4.78, 5) is 15.7. The van der Waals surface area contributed by atoms with Gasteiger partial charge < -0.3 is 4.57 Å². The van der Waals surface area contributed by atoms with Gasteiger partial charge in [0.2, 0.25) is 5.95 Å². The number of hydrogen-bond donors (Lipinski definition) is 0. The summed E-state index contributed by atoms with van der Waals surface area (Å²) in [5, 5.41) is 8.08. The van der Waals surface area contributed by atoms with Gasteiger partial charge in [-0.1, -0.05) is 170 Å². The second kappa shape index (κ2) is 13.3. The molecule has 0 unspecified atom stereocenters. The summed E-state index contributed by atoms with van der Waals surface area (Å²) < 4.78 is 4.70. The molecule has 3 heterocycles. The monoisotopic (exact) mass is 729 g/mol. The first-order valence-corrected chi connectivity index (χ1v) is 19.3. The third-order valence-electron chi connectivity index (χ3n) is 11.1. The van der Waals surface area contributed by atoms with Gasteiger partial charge in [-0.25, -0.2) is 4.98 Å². The molecule has 57 heavy (non-hydrogen) atoms. The van der Waals surface area contributed by atoms with E-state index in [1.807, 2.05) is 36.4 Å². The van der Waals surface area contributed by atoms with Crippen molar-refractivity contribution in [2.75, 3.05) is 0 Å². The number of nitrogens with zero attached hydrogens (tertiary/aromatic N) is 5. The van der Waals surface area contributed by atoms with Crippen molar-refractivity contribution in [3.05, 3.63) is 200 Å². The number of fused-ring (bicyclic) bond motifs is 10. The number of aromatic nitrogens is 5. The summed E-state index contributed by atoms with van der Waals surface area (Å²) in [7, 11) is 0. The van der Waals surface area contributed by atoms with Crippen LogP contribution in [0.15, 0.2) is 189 Å². The van der Waals surface area contributed by atoms with E-state index in [1.54, 1.807) is 0 Å². The van der Waals surface area contributed by atoms with Gasteiger partial charge in [-0.3, -0.25) is 4.57 Å². The van der Waals surface area contributed by atoms with Crippen LogP contribution in [0, 0.1) is 0 Å². The molecule has 0 fully saturated rings. The Morgan fingerprint density at radius 1 is 0.491 bits per heavy atom. The fourth-order valence-corrected chi connectivity index (χ4v) is 8.51. The molecule has 0 spiro atoms. The lowest BCUT2D eigenvalue weighted by molar-refractivity contribution is 0.953. The average Bonchev–Trinajstić information content (AvgIpc) is 3.79. The predicted octanol–water partition coefficient (Wildman–Crippen LogP) is 13.1. The first-order valence-electron chi connectivity index (χ1n) is 19.3. The molecule has 268 valence electrons. The van der Waals surface area contributed by atoms with Crippen molar-refractivity contribution in [1.29, 1.82) is 0 Å². The minimum absolute atomic E-state index is 0.552. The van der Waals surface area contributed by atoms with Crippen molar-refractivity contribution in [3.63, 3.8) is 0 Å². The second-order valence-electron chi connectivity index (χ2n) is 14.5. The summed E-state index contributed by atoms with van der Waals surface area (Å²) in [5.41, 5.74) is 9.11. The molecule has 0 aliphatic heterocycles. The highest BCUT2D eigenvalue weighted by Crippen LogP contribution is 2.45. The number of benzene rings is 7. The van der Waals surface area contributed by atoms with Crippen LogP contribution in [-0.4, -0.2) is 24.1 Å². The predicted molar refractivity (Wildman–Crippen MR) is 238 cm³/mol. The average molecular weight is 730 g/mol. The molecule has 0 bridgehead atoms. The molecule has 0 saturated heterocycles. The molecular weight excluding hydrogens is 695 g/mol. The molecular formula is C52H35N5. The Hall–Kier alpha value is -7.63. The number of hydrogen-bond acceptors (Lipinski definition) is 3. The molecule has 5 heteroatoms. The Morgan fingerprint density at radius 2 is 1.14 bits per heavy atom. The zero-order valence-electron chi connectivity index (χ0n) is 31.0. The molecule has 1 aliphatic rings. The largest absolute Gasteiger partial charge is 0.307 e. The number of allylic oxidation sites excluding steroid dienone is 6. The molecule has 0 radical (unpaired) electrons. The van der Waals surface area contributed by atoms with E-state index in [9.17, 15) is 0 Å². The van der Waals surface area contributed by atoms with Crippen molar-refractivity contribution >= 4 is 65.9 Å². The molecule has 0 saturated carbocycles. The molecule has 0 amide bonds. The maximum atomic E-state index is 5.33. The van der Waals surface area contributed by atoms with E-state index in [4.69, 9.17) is 15.0 Å². The highest BCUT2D eigenvalue weighted by atomic mass is 15.2. The van der Waals surface area contributed by atoms with Crippen LogP contribution >= 0.6 is 0 Å². The SMILES string of the molecule is C=C1/C=C\C=C/C/C=C\c2c1c1ccc3c4c5ccccc5ccc4n(-c4nc(-c5ccccc5)nc(-c5ccccc5)n4)c3c1n2-c1ccc2ccccc2c1. The van der Waals surface area contributed by atoms with Crippen LogP contribution in [0.4, 0.5) is 0 Å².